The van der Waals surface area contributed by atoms with Crippen LogP contribution in [0.4, 0.5) is 33.4 Å². The Bertz CT molecular complexity index is 2540. The van der Waals surface area contributed by atoms with E-state index in [-0.39, 0.29) is 23.6 Å². The number of methoxy groups -OCH3 is 2. The lowest BCUT2D eigenvalue weighted by Crippen LogP contribution is -2.42. The van der Waals surface area contributed by atoms with Crippen molar-refractivity contribution in [2.24, 2.45) is 0 Å². The molecule has 0 atom stereocenters. The Kier molecular flexibility index (Phi) is 14.1. The van der Waals surface area contributed by atoms with Gasteiger partial charge in [-0.3, -0.25) is 18.2 Å². The van der Waals surface area contributed by atoms with Gasteiger partial charge in [-0.05, 0) is 60.4 Å². The molecule has 3 amide bonds. The normalized spacial score (nSPS) is 13.6. The minimum atomic E-state index is -3.65. The fourth-order valence-electron chi connectivity index (χ4n) is 6.96. The lowest BCUT2D eigenvalue weighted by atomic mass is 9.86. The monoisotopic (exact) mass is 871 g/mol. The van der Waals surface area contributed by atoms with E-state index in [1.165, 1.54) is 18.5 Å². The second kappa shape index (κ2) is 19.2. The molecule has 324 valence electrons. The Hall–Kier alpha value is -5.91. The van der Waals surface area contributed by atoms with E-state index in [0.29, 0.717) is 81.4 Å². The third-order valence-electron chi connectivity index (χ3n) is 10.1. The second-order valence-electron chi connectivity index (χ2n) is 15.5. The van der Waals surface area contributed by atoms with Gasteiger partial charge in [0.25, 0.3) is 5.91 Å². The number of ether oxygens (including phenoxy) is 3. The van der Waals surface area contributed by atoms with Gasteiger partial charge in [0.05, 0.1) is 43.1 Å². The lowest BCUT2D eigenvalue weighted by Gasteiger charge is -2.28. The molecule has 0 saturated carbocycles. The van der Waals surface area contributed by atoms with Gasteiger partial charge in [-0.25, -0.2) is 18.2 Å². The number of sulfonamides is 1. The van der Waals surface area contributed by atoms with E-state index in [9.17, 15) is 22.2 Å². The maximum Gasteiger partial charge on any atom is 0.323 e. The van der Waals surface area contributed by atoms with Crippen molar-refractivity contribution < 1.29 is 36.4 Å². The van der Waals surface area contributed by atoms with E-state index in [1.54, 1.807) is 67.7 Å². The molecular formula is C44H53N7O8S2. The molecule has 17 heteroatoms. The van der Waals surface area contributed by atoms with Crippen LogP contribution >= 0.6 is 0 Å². The number of amides is 3. The molecule has 15 nitrogen and oxygen atoms in total. The van der Waals surface area contributed by atoms with Crippen LogP contribution in [-0.2, 0) is 26.2 Å². The van der Waals surface area contributed by atoms with Crippen molar-refractivity contribution in [3.05, 3.63) is 96.2 Å². The molecule has 0 radical (unpaired) electrons. The highest BCUT2D eigenvalue weighted by Crippen LogP contribution is 2.42. The highest BCUT2D eigenvalue weighted by Gasteiger charge is 2.27. The first kappa shape index (κ1) is 44.6. The number of nitrogens with zero attached hydrogens (tertiary/aromatic N) is 3. The molecule has 1 aromatic heterocycles. The first-order chi connectivity index (χ1) is 29.1. The maximum absolute atomic E-state index is 13.7. The summed E-state index contributed by atoms with van der Waals surface area (Å²) in [6.07, 6.45) is 2.75. The van der Waals surface area contributed by atoms with Crippen LogP contribution in [0.2, 0.25) is 0 Å². The van der Waals surface area contributed by atoms with E-state index in [4.69, 9.17) is 14.2 Å². The summed E-state index contributed by atoms with van der Waals surface area (Å²) < 4.78 is 56.1. The van der Waals surface area contributed by atoms with Crippen LogP contribution in [0.3, 0.4) is 0 Å². The minimum Gasteiger partial charge on any atom is -0.496 e. The summed E-state index contributed by atoms with van der Waals surface area (Å²) in [4.78, 5) is 33.3. The summed E-state index contributed by atoms with van der Waals surface area (Å²) in [6, 6.07) is 22.7. The molecule has 2 heterocycles. The molecule has 0 spiro atoms. The molecule has 1 aliphatic heterocycles. The van der Waals surface area contributed by atoms with Gasteiger partial charge >= 0.3 is 6.03 Å². The van der Waals surface area contributed by atoms with Gasteiger partial charge in [0, 0.05) is 89.8 Å². The van der Waals surface area contributed by atoms with Gasteiger partial charge in [0.2, 0.25) is 10.0 Å². The highest BCUT2D eigenvalue weighted by atomic mass is 32.2. The van der Waals surface area contributed by atoms with Crippen molar-refractivity contribution in [2.75, 3.05) is 85.0 Å². The number of aromatic nitrogens is 1. The van der Waals surface area contributed by atoms with Crippen LogP contribution in [0.15, 0.2) is 85.1 Å². The zero-order valence-electron chi connectivity index (χ0n) is 35.5. The van der Waals surface area contributed by atoms with Crippen LogP contribution in [-0.4, -0.2) is 99.2 Å². The number of benzene rings is 4. The van der Waals surface area contributed by atoms with Crippen LogP contribution in [0.25, 0.3) is 10.8 Å². The van der Waals surface area contributed by atoms with Crippen molar-refractivity contribution in [2.45, 2.75) is 33.1 Å². The zero-order valence-corrected chi connectivity index (χ0v) is 37.1. The molecule has 61 heavy (non-hydrogen) atoms. The van der Waals surface area contributed by atoms with Crippen molar-refractivity contribution >= 4 is 72.1 Å². The molecular weight excluding hydrogens is 819 g/mol. The summed E-state index contributed by atoms with van der Waals surface area (Å²) in [6.45, 7) is 10.6. The molecule has 5 aromatic rings. The largest absolute Gasteiger partial charge is 0.496 e. The summed E-state index contributed by atoms with van der Waals surface area (Å²) in [5.41, 5.74) is 2.64. The number of nitrogens with one attached hydrogen (secondary N) is 4. The van der Waals surface area contributed by atoms with Gasteiger partial charge in [-0.1, -0.05) is 45.0 Å². The first-order valence-corrected chi connectivity index (χ1v) is 23.2. The molecule has 6 rings (SSSR count). The maximum atomic E-state index is 13.7. The average molecular weight is 872 g/mol. The number of anilines is 5. The van der Waals surface area contributed by atoms with Crippen LogP contribution < -0.4 is 39.8 Å². The van der Waals surface area contributed by atoms with Gasteiger partial charge < -0.3 is 35.5 Å². The quantitative estimate of drug-likeness (QED) is 0.0829. The second-order valence-corrected chi connectivity index (χ2v) is 19.1. The predicted octanol–water partition coefficient (Wildman–Crippen LogP) is 7.31. The SMILES string of the molecule is CCN(c1cc(C(C)(C)C)cc(NC(=O)Nc2ccc(Oc3ccnc(Nc4ccc(C(=O)NCCN5CCS(=O)CC5)c(OC)c4)c3)c3ccccc23)c1OC)S(C)(=O)=O. The smallest absolute Gasteiger partial charge is 0.323 e. The third kappa shape index (κ3) is 11.1. The van der Waals surface area contributed by atoms with Crippen molar-refractivity contribution in [3.8, 4) is 23.0 Å². The zero-order chi connectivity index (χ0) is 43.9. The molecule has 0 unspecified atom stereocenters. The van der Waals surface area contributed by atoms with E-state index in [1.807, 2.05) is 45.0 Å². The van der Waals surface area contributed by atoms with Gasteiger partial charge in [0.15, 0.2) is 5.75 Å². The minimum absolute atomic E-state index is 0.170. The fourth-order valence-corrected chi connectivity index (χ4v) is 9.05. The van der Waals surface area contributed by atoms with Gasteiger partial charge in [-0.15, -0.1) is 0 Å². The van der Waals surface area contributed by atoms with Crippen LogP contribution in [0.5, 0.6) is 23.0 Å². The number of hydrogen-bond acceptors (Lipinski definition) is 11. The molecule has 4 aromatic carbocycles. The standard InChI is InChI=1S/C44H53N7O8S2/c1-8-51(61(7,55)56)37-26-29(44(2,3)4)25-36(41(37)58-6)49-43(53)48-35-15-16-38(33-12-10-9-11-32(33)35)59-31-17-18-45-40(28-31)47-30-13-14-34(39(27-30)57-5)42(52)46-19-20-50-21-23-60(54)24-22-50/h9-18,25-28H,8,19-24H2,1-7H3,(H,45,47)(H,46,52)(H2,48,49,53). The van der Waals surface area contributed by atoms with E-state index >= 15 is 0 Å². The topological polar surface area (TPSA) is 181 Å². The van der Waals surface area contributed by atoms with Gasteiger partial charge in [-0.2, -0.15) is 0 Å². The Balaban J connectivity index is 1.16. The molecule has 0 bridgehead atoms. The summed E-state index contributed by atoms with van der Waals surface area (Å²) in [5, 5.41) is 13.5. The fraction of sp³-hybridized carbons (Fsp3) is 0.341. The average Bonchev–Trinajstić information content (AvgIpc) is 3.22. The van der Waals surface area contributed by atoms with Crippen molar-refractivity contribution in [1.29, 1.82) is 0 Å². The molecule has 1 fully saturated rings. The summed E-state index contributed by atoms with van der Waals surface area (Å²) in [5.74, 6) is 3.22. The number of rotatable bonds is 15. The Morgan fingerprint density at radius 2 is 1.61 bits per heavy atom. The number of fused-ring (bicyclic) bond motifs is 1. The van der Waals surface area contributed by atoms with E-state index in [0.717, 1.165) is 30.3 Å². The molecule has 1 saturated heterocycles. The number of hydrogen-bond donors (Lipinski definition) is 4. The summed E-state index contributed by atoms with van der Waals surface area (Å²) in [7, 11) is -1.46. The third-order valence-corrected chi connectivity index (χ3v) is 12.7. The lowest BCUT2D eigenvalue weighted by molar-refractivity contribution is 0.0945. The number of urea groups is 1. The first-order valence-electron chi connectivity index (χ1n) is 19.8. The van der Waals surface area contributed by atoms with Gasteiger partial charge in [0.1, 0.15) is 23.1 Å². The Labute approximate surface area is 359 Å². The number of carbonyl (C=O) groups is 2. The van der Waals surface area contributed by atoms with E-state index < -0.39 is 26.9 Å². The predicted molar refractivity (Wildman–Crippen MR) is 243 cm³/mol. The van der Waals surface area contributed by atoms with Crippen molar-refractivity contribution in [1.82, 2.24) is 15.2 Å². The van der Waals surface area contributed by atoms with E-state index in [2.05, 4.69) is 31.2 Å². The summed E-state index contributed by atoms with van der Waals surface area (Å²) >= 11 is 0. The van der Waals surface area contributed by atoms with Crippen LogP contribution in [0.1, 0.15) is 43.6 Å². The molecule has 1 aliphatic rings. The molecule has 0 aliphatic carbocycles. The Morgan fingerprint density at radius 1 is 0.885 bits per heavy atom. The highest BCUT2D eigenvalue weighted by molar-refractivity contribution is 7.92. The number of pyridine rings is 1. The van der Waals surface area contributed by atoms with Crippen LogP contribution in [0, 0.1) is 0 Å². The van der Waals surface area contributed by atoms with Crippen molar-refractivity contribution in [3.63, 3.8) is 0 Å². The Morgan fingerprint density at radius 3 is 2.28 bits per heavy atom. The number of carbonyl (C=O) groups excluding carboxylic acids is 2. The molecule has 4 N–H and O–H groups in total.